The molecule has 1 saturated heterocycles. The van der Waals surface area contributed by atoms with E-state index in [1.54, 1.807) is 6.08 Å². The number of amides is 1. The molecule has 0 aromatic heterocycles. The molecule has 2 aromatic rings. The Morgan fingerprint density at radius 2 is 1.79 bits per heavy atom. The van der Waals surface area contributed by atoms with Gasteiger partial charge in [0.1, 0.15) is 0 Å². The third-order valence-corrected chi connectivity index (χ3v) is 4.86. The van der Waals surface area contributed by atoms with Crippen LogP contribution in [-0.2, 0) is 4.79 Å². The van der Waals surface area contributed by atoms with Gasteiger partial charge in [0.05, 0.1) is 10.7 Å². The van der Waals surface area contributed by atoms with Gasteiger partial charge in [-0.1, -0.05) is 51.8 Å². The first-order chi connectivity index (χ1) is 11.6. The maximum Gasteiger partial charge on any atom is 0.246 e. The van der Waals surface area contributed by atoms with Crippen molar-refractivity contribution in [3.05, 3.63) is 69.7 Å². The monoisotopic (exact) mass is 404 g/mol. The van der Waals surface area contributed by atoms with Crippen LogP contribution in [0.1, 0.15) is 5.56 Å². The molecule has 0 unspecified atom stereocenters. The van der Waals surface area contributed by atoms with E-state index in [0.29, 0.717) is 13.1 Å². The number of benzene rings is 2. The highest BCUT2D eigenvalue weighted by Crippen LogP contribution is 2.26. The van der Waals surface area contributed by atoms with E-state index in [1.165, 1.54) is 0 Å². The highest BCUT2D eigenvalue weighted by Gasteiger charge is 2.20. The zero-order valence-corrected chi connectivity index (χ0v) is 15.5. The van der Waals surface area contributed by atoms with Crippen LogP contribution in [0.2, 0.25) is 5.02 Å². The predicted molar refractivity (Wildman–Crippen MR) is 103 cm³/mol. The molecular weight excluding hydrogens is 388 g/mol. The highest BCUT2D eigenvalue weighted by atomic mass is 79.9. The average Bonchev–Trinajstić information content (AvgIpc) is 2.60. The lowest BCUT2D eigenvalue weighted by atomic mass is 10.2. The Balaban J connectivity index is 1.58. The molecule has 0 spiro atoms. The normalized spacial score (nSPS) is 15.1. The fraction of sp³-hybridized carbons (Fsp3) is 0.211. The summed E-state index contributed by atoms with van der Waals surface area (Å²) in [6.07, 6.45) is 3.50. The Hall–Kier alpha value is -1.78. The Labute approximate surface area is 155 Å². The third-order valence-electron chi connectivity index (χ3n) is 4.05. The molecule has 5 heteroatoms. The molecular formula is C19H18BrClN2O. The average molecular weight is 406 g/mol. The third kappa shape index (κ3) is 4.19. The smallest absolute Gasteiger partial charge is 0.246 e. The number of carbonyl (C=O) groups is 1. The van der Waals surface area contributed by atoms with Crippen molar-refractivity contribution in [2.75, 3.05) is 31.1 Å². The minimum atomic E-state index is 0.0498. The lowest BCUT2D eigenvalue weighted by Crippen LogP contribution is -2.48. The number of hydrogen-bond acceptors (Lipinski definition) is 2. The van der Waals surface area contributed by atoms with E-state index < -0.39 is 0 Å². The summed E-state index contributed by atoms with van der Waals surface area (Å²) in [5.41, 5.74) is 2.04. The van der Waals surface area contributed by atoms with E-state index in [1.807, 2.05) is 59.5 Å². The summed E-state index contributed by atoms with van der Waals surface area (Å²) in [6.45, 7) is 2.99. The molecule has 0 atom stereocenters. The van der Waals surface area contributed by atoms with Crippen molar-refractivity contribution in [1.29, 1.82) is 0 Å². The van der Waals surface area contributed by atoms with Crippen molar-refractivity contribution >= 4 is 45.2 Å². The van der Waals surface area contributed by atoms with Crippen LogP contribution in [0.3, 0.4) is 0 Å². The zero-order valence-electron chi connectivity index (χ0n) is 13.2. The molecule has 3 rings (SSSR count). The largest absolute Gasteiger partial charge is 0.367 e. The van der Waals surface area contributed by atoms with Crippen LogP contribution in [0.4, 0.5) is 5.69 Å². The fourth-order valence-corrected chi connectivity index (χ4v) is 3.43. The SMILES string of the molecule is O=C(C=Cc1cccc(Br)c1)N1CCN(c2ccccc2Cl)CC1. The molecule has 1 fully saturated rings. The number of halogens is 2. The van der Waals surface area contributed by atoms with Gasteiger partial charge in [0, 0.05) is 36.7 Å². The summed E-state index contributed by atoms with van der Waals surface area (Å²) in [4.78, 5) is 16.5. The van der Waals surface area contributed by atoms with Gasteiger partial charge < -0.3 is 9.80 Å². The standard InChI is InChI=1S/C19H18BrClN2O/c20-16-5-3-4-15(14-16)8-9-19(24)23-12-10-22(11-13-23)18-7-2-1-6-17(18)21/h1-9,14H,10-13H2. The first-order valence-corrected chi connectivity index (χ1v) is 9.02. The minimum Gasteiger partial charge on any atom is -0.367 e. The molecule has 3 nitrogen and oxygen atoms in total. The van der Waals surface area contributed by atoms with Crippen LogP contribution in [0.5, 0.6) is 0 Å². The van der Waals surface area contributed by atoms with Crippen molar-refractivity contribution in [1.82, 2.24) is 4.90 Å². The van der Waals surface area contributed by atoms with Gasteiger partial charge in [-0.05, 0) is 35.9 Å². The first kappa shape index (κ1) is 17.1. The summed E-state index contributed by atoms with van der Waals surface area (Å²) in [7, 11) is 0. The van der Waals surface area contributed by atoms with E-state index >= 15 is 0 Å². The fourth-order valence-electron chi connectivity index (χ4n) is 2.76. The number of carbonyl (C=O) groups excluding carboxylic acids is 1. The van der Waals surface area contributed by atoms with Crippen molar-refractivity contribution < 1.29 is 4.79 Å². The van der Waals surface area contributed by atoms with Crippen LogP contribution < -0.4 is 4.90 Å². The molecule has 0 saturated carbocycles. The summed E-state index contributed by atoms with van der Waals surface area (Å²) in [6, 6.07) is 15.7. The van der Waals surface area contributed by atoms with E-state index in [4.69, 9.17) is 11.6 Å². The number of anilines is 1. The lowest BCUT2D eigenvalue weighted by molar-refractivity contribution is -0.126. The lowest BCUT2D eigenvalue weighted by Gasteiger charge is -2.36. The second-order valence-electron chi connectivity index (χ2n) is 5.65. The van der Waals surface area contributed by atoms with Gasteiger partial charge in [-0.25, -0.2) is 0 Å². The summed E-state index contributed by atoms with van der Waals surface area (Å²) < 4.78 is 1.01. The van der Waals surface area contributed by atoms with Crippen molar-refractivity contribution in [3.63, 3.8) is 0 Å². The van der Waals surface area contributed by atoms with Gasteiger partial charge in [-0.3, -0.25) is 4.79 Å². The van der Waals surface area contributed by atoms with Gasteiger partial charge in [0.25, 0.3) is 0 Å². The quantitative estimate of drug-likeness (QED) is 0.704. The molecule has 24 heavy (non-hydrogen) atoms. The highest BCUT2D eigenvalue weighted by molar-refractivity contribution is 9.10. The maximum atomic E-state index is 12.3. The van der Waals surface area contributed by atoms with E-state index in [-0.39, 0.29) is 5.91 Å². The van der Waals surface area contributed by atoms with Gasteiger partial charge in [0.2, 0.25) is 5.91 Å². The van der Waals surface area contributed by atoms with Crippen LogP contribution >= 0.6 is 27.5 Å². The Morgan fingerprint density at radius 1 is 1.04 bits per heavy atom. The predicted octanol–water partition coefficient (Wildman–Crippen LogP) is 4.46. The number of rotatable bonds is 3. The molecule has 0 bridgehead atoms. The Kier molecular flexibility index (Phi) is 5.59. The maximum absolute atomic E-state index is 12.3. The second-order valence-corrected chi connectivity index (χ2v) is 6.97. The Morgan fingerprint density at radius 3 is 2.50 bits per heavy atom. The van der Waals surface area contributed by atoms with Gasteiger partial charge >= 0.3 is 0 Å². The molecule has 1 aliphatic heterocycles. The number of piperazine rings is 1. The van der Waals surface area contributed by atoms with E-state index in [0.717, 1.165) is 33.8 Å². The minimum absolute atomic E-state index is 0.0498. The molecule has 0 aliphatic carbocycles. The van der Waals surface area contributed by atoms with Crippen molar-refractivity contribution in [2.24, 2.45) is 0 Å². The molecule has 1 heterocycles. The van der Waals surface area contributed by atoms with Crippen molar-refractivity contribution in [3.8, 4) is 0 Å². The molecule has 1 aliphatic rings. The molecule has 124 valence electrons. The van der Waals surface area contributed by atoms with E-state index in [9.17, 15) is 4.79 Å². The van der Waals surface area contributed by atoms with E-state index in [2.05, 4.69) is 20.8 Å². The Bertz CT molecular complexity index is 755. The van der Waals surface area contributed by atoms with Crippen LogP contribution in [0.25, 0.3) is 6.08 Å². The number of para-hydroxylation sites is 1. The van der Waals surface area contributed by atoms with Crippen LogP contribution in [-0.4, -0.2) is 37.0 Å². The zero-order chi connectivity index (χ0) is 16.9. The molecule has 0 radical (unpaired) electrons. The van der Waals surface area contributed by atoms with Crippen LogP contribution in [0.15, 0.2) is 59.1 Å². The summed E-state index contributed by atoms with van der Waals surface area (Å²) >= 11 is 9.68. The number of nitrogens with zero attached hydrogens (tertiary/aromatic N) is 2. The van der Waals surface area contributed by atoms with Crippen molar-refractivity contribution in [2.45, 2.75) is 0 Å². The summed E-state index contributed by atoms with van der Waals surface area (Å²) in [5.74, 6) is 0.0498. The second kappa shape index (κ2) is 7.86. The molecule has 0 N–H and O–H groups in total. The summed E-state index contributed by atoms with van der Waals surface area (Å²) in [5, 5.41) is 0.756. The molecule has 2 aromatic carbocycles. The first-order valence-electron chi connectivity index (χ1n) is 7.85. The van der Waals surface area contributed by atoms with Gasteiger partial charge in [-0.2, -0.15) is 0 Å². The number of hydrogen-bond donors (Lipinski definition) is 0. The van der Waals surface area contributed by atoms with Gasteiger partial charge in [-0.15, -0.1) is 0 Å². The topological polar surface area (TPSA) is 23.6 Å². The van der Waals surface area contributed by atoms with Gasteiger partial charge in [0.15, 0.2) is 0 Å². The van der Waals surface area contributed by atoms with Crippen LogP contribution in [0, 0.1) is 0 Å². The molecule has 1 amide bonds.